The van der Waals surface area contributed by atoms with Crippen LogP contribution in [-0.4, -0.2) is 243 Å². The first-order valence-corrected chi connectivity index (χ1v) is 48.5. The molecule has 12 N–H and O–H groups in total. The number of esters is 4. The summed E-state index contributed by atoms with van der Waals surface area (Å²) in [5.74, 6) is -7.20. The van der Waals surface area contributed by atoms with Crippen molar-refractivity contribution in [2.75, 3.05) is 81.4 Å². The summed E-state index contributed by atoms with van der Waals surface area (Å²) in [6, 6.07) is 15.3. The second kappa shape index (κ2) is 67.0. The molecule has 0 aliphatic heterocycles. The molecule has 41 heteroatoms. The summed E-state index contributed by atoms with van der Waals surface area (Å²) < 4.78 is 41.9. The topological polar surface area (TPSA) is 578 Å². The van der Waals surface area contributed by atoms with Crippen LogP contribution in [0.3, 0.4) is 0 Å². The van der Waals surface area contributed by atoms with E-state index in [1.807, 2.05) is 77.9 Å². The Labute approximate surface area is 803 Å². The van der Waals surface area contributed by atoms with E-state index in [0.717, 1.165) is 22.3 Å². The number of Topliss-reactive ketones (excluding diaryl/α,β-unsaturated/α-hetero) is 3. The number of fused-ring (bicyclic) bond motifs is 3. The van der Waals surface area contributed by atoms with E-state index in [-0.39, 0.29) is 149 Å². The fourth-order valence-electron chi connectivity index (χ4n) is 15.3. The zero-order valence-corrected chi connectivity index (χ0v) is 82.5. The number of carboxylic acid groups (broad SMARTS) is 2. The maximum absolute atomic E-state index is 16.6. The van der Waals surface area contributed by atoms with Gasteiger partial charge in [-0.1, -0.05) is 164 Å². The van der Waals surface area contributed by atoms with Gasteiger partial charge in [-0.05, 0) is 185 Å². The van der Waals surface area contributed by atoms with Crippen molar-refractivity contribution in [3.8, 4) is 11.1 Å². The van der Waals surface area contributed by atoms with Gasteiger partial charge in [0.15, 0.2) is 0 Å². The lowest BCUT2D eigenvalue weighted by Gasteiger charge is -2.44. The van der Waals surface area contributed by atoms with E-state index < -0.39 is 121 Å². The van der Waals surface area contributed by atoms with Gasteiger partial charge in [0.1, 0.15) is 85.5 Å². The summed E-state index contributed by atoms with van der Waals surface area (Å²) in [6.45, 7) is 20.6. The van der Waals surface area contributed by atoms with Crippen molar-refractivity contribution in [3.63, 3.8) is 0 Å². The van der Waals surface area contributed by atoms with Crippen molar-refractivity contribution < 1.29 is 115 Å². The Bertz CT molecular complexity index is 4460. The molecule has 758 valence electrons. The molecule has 8 atom stereocenters. The van der Waals surface area contributed by atoms with Gasteiger partial charge in [-0.3, -0.25) is 57.5 Å². The van der Waals surface area contributed by atoms with Gasteiger partial charge in [0, 0.05) is 105 Å². The molecule has 0 fully saturated rings. The van der Waals surface area contributed by atoms with E-state index in [1.54, 1.807) is 40.2 Å². The lowest BCUT2D eigenvalue weighted by atomic mass is 9.98. The Morgan fingerprint density at radius 1 is 0.453 bits per heavy atom. The predicted molar refractivity (Wildman–Crippen MR) is 516 cm³/mol. The van der Waals surface area contributed by atoms with Gasteiger partial charge in [0.05, 0.1) is 14.2 Å². The molecule has 3 aromatic rings. The summed E-state index contributed by atoms with van der Waals surface area (Å²) in [7, 11) is 4.05. The molecule has 7 amide bonds. The molecule has 0 bridgehead atoms. The van der Waals surface area contributed by atoms with E-state index >= 15 is 4.11 Å². The number of unbranched alkanes of at least 4 members (excludes halogenated alkanes) is 6. The molecular weight excluding hydrogens is 1790 g/mol. The lowest BCUT2D eigenvalue weighted by molar-refractivity contribution is -0.147. The largest absolute Gasteiger partial charge is 0.480 e. The number of carbonyl (C=O) groups excluding carboxylic acids is 14. The standard InChI is InChI=1S/C36H47N3O8.C35H56FN7O8Si.C25H42N6O7/c1-4-23-46-35(43)32(39-36(44)47-24-30-28-16-8-6-14-26(28)27-15-7-9-17-29(27)30)19-11-12-22-38-33(41)21-20-25(40)13-5-10-18-31(37-2)34(42)45-3;1-34(2,3)52(36,35(4,5)6)25-18-15-23(16-19-25)30(46)40-22-28(42-43-37)31(47)41-27(33(50)51)14-10-11-21-39-29(45)20-17-24(44)12-8-9-13-26(38-7)32(48)49;1-5-17-38-25(36)21(29-23(34)19(6-2)30-31-26)13-9-10-16-28-22(33)15-14-18(32)11-7-8-12-20(27-3)24(35)37-4/h4,6-9,14-17,30-32,37H,1,5,10-13,18-24H2,2-3H3,(H,38,41)(H,39,44);15-16,18-19,26-28,38H,8-14,17,20-22H2,1-7H3,(H,39,45)(H,40,46)(H,41,47)(H,48,49)(H,50,51);5,19-21,27H,1,6-17H2,2-4H3,(H,28,33)(H,29,34)/t31-,32-;26-,27-,28+;19-,20+,21+/m110/s1. The number of azide groups is 2. The summed E-state index contributed by atoms with van der Waals surface area (Å²) in [4.78, 5) is 200. The molecule has 0 heterocycles. The third-order valence-corrected chi connectivity index (χ3v) is 28.1. The van der Waals surface area contributed by atoms with Gasteiger partial charge in [-0.2, -0.15) is 0 Å². The molecular formula is C96H145FN16O23Si. The van der Waals surface area contributed by atoms with Crippen LogP contribution in [0.15, 0.2) is 108 Å². The van der Waals surface area contributed by atoms with E-state index in [9.17, 15) is 81.8 Å². The zero-order valence-electron chi connectivity index (χ0n) is 81.5. The second-order valence-electron chi connectivity index (χ2n) is 34.9. The average molecular weight is 1940 g/mol. The van der Waals surface area contributed by atoms with Gasteiger partial charge in [0.2, 0.25) is 29.5 Å². The van der Waals surface area contributed by atoms with Crippen LogP contribution in [0.2, 0.25) is 10.1 Å². The average Bonchev–Trinajstić information content (AvgIpc) is 1.17. The number of carbonyl (C=O) groups is 16. The smallest absolute Gasteiger partial charge is 0.407 e. The molecule has 0 unspecified atom stereocenters. The molecule has 0 spiro atoms. The molecule has 4 rings (SSSR count). The van der Waals surface area contributed by atoms with Crippen molar-refractivity contribution in [1.82, 2.24) is 53.2 Å². The van der Waals surface area contributed by atoms with Gasteiger partial charge in [-0.15, -0.1) is 0 Å². The number of likely N-dealkylation sites (N-methyl/N-ethyl adjacent to an activating group) is 3. The molecule has 3 aromatic carbocycles. The van der Waals surface area contributed by atoms with Crippen molar-refractivity contribution in [3.05, 3.63) is 136 Å². The first-order chi connectivity index (χ1) is 65.2. The Balaban J connectivity index is 0.000000704. The Hall–Kier alpha value is -12.3. The number of methoxy groups -OCH3 is 2. The minimum absolute atomic E-state index is 0.000543. The van der Waals surface area contributed by atoms with Crippen LogP contribution in [0, 0.1) is 0 Å². The SMILES string of the molecule is C=CCOC(=O)[C@@H](CCCCNC(=O)CCC(=O)CCCC[C@@H](NC)C(=O)OC)NC(=O)OCC1c2ccccc2-c2ccccc21.C=CCOC(=O)[C@@H](CCCCNC(=O)CCC(=O)CCCC[C@@H](NC)C(=O)OC)NC(=O)[C@H](CC)N=[N+]=[N-].CN[C@H](CCCCC(=O)CCC(=O)NCCCC[C@@H](NC(=O)[C@H](CNC(=O)c1ccc([Si](F)(C(C)(C)C)C(C)(C)C)cc1)N=[N+]=[N-])C(=O)O)C(=O)O. The van der Waals surface area contributed by atoms with Crippen LogP contribution in [0.1, 0.15) is 256 Å². The van der Waals surface area contributed by atoms with Crippen LogP contribution >= 0.6 is 0 Å². The number of halogens is 1. The van der Waals surface area contributed by atoms with E-state index in [0.29, 0.717) is 134 Å². The molecule has 39 nitrogen and oxygen atoms in total. The highest BCUT2D eigenvalue weighted by Gasteiger charge is 2.56. The van der Waals surface area contributed by atoms with Gasteiger partial charge in [0.25, 0.3) is 14.3 Å². The molecule has 1 aliphatic carbocycles. The highest BCUT2D eigenvalue weighted by atomic mass is 28.4. The van der Waals surface area contributed by atoms with Crippen LogP contribution in [0.25, 0.3) is 32.0 Å². The molecule has 0 saturated heterocycles. The predicted octanol–water partition coefficient (Wildman–Crippen LogP) is 11.1. The van der Waals surface area contributed by atoms with E-state index in [1.165, 1.54) is 38.5 Å². The monoisotopic (exact) mass is 1940 g/mol. The van der Waals surface area contributed by atoms with Crippen LogP contribution in [0.4, 0.5) is 8.90 Å². The first-order valence-electron chi connectivity index (χ1n) is 46.6. The quantitative estimate of drug-likeness (QED) is 0.00287. The van der Waals surface area contributed by atoms with Crippen molar-refractivity contribution in [2.45, 2.75) is 293 Å². The van der Waals surface area contributed by atoms with Crippen molar-refractivity contribution in [2.24, 2.45) is 10.2 Å². The highest BCUT2D eigenvalue weighted by Crippen LogP contribution is 2.51. The maximum Gasteiger partial charge on any atom is 0.407 e. The van der Waals surface area contributed by atoms with E-state index in [2.05, 4.69) is 98.5 Å². The number of rotatable bonds is 66. The summed E-state index contributed by atoms with van der Waals surface area (Å²) >= 11 is 0. The third-order valence-electron chi connectivity index (χ3n) is 22.8. The number of ether oxygens (including phenoxy) is 5. The molecule has 0 radical (unpaired) electrons. The zero-order chi connectivity index (χ0) is 102. The fraction of sp³-hybridized carbons (Fsp3) is 0.604. The number of nitrogens with one attached hydrogen (secondary N) is 10. The number of carboxylic acids is 2. The lowest BCUT2D eigenvalue weighted by Crippen LogP contribution is -2.57. The minimum atomic E-state index is -3.54. The van der Waals surface area contributed by atoms with Crippen LogP contribution in [-0.2, 0) is 90.8 Å². The number of nitrogens with zero attached hydrogens (tertiary/aromatic N) is 6. The van der Waals surface area contributed by atoms with E-state index in [4.69, 9.17) is 39.9 Å². The van der Waals surface area contributed by atoms with Crippen molar-refractivity contribution >= 4 is 108 Å². The number of benzene rings is 3. The summed E-state index contributed by atoms with van der Waals surface area (Å²) in [6.07, 6.45) is 12.6. The number of alkyl carbamates (subject to hydrolysis) is 1. The second-order valence-corrected chi connectivity index (χ2v) is 39.8. The normalized spacial score (nSPS) is 13.1. The molecule has 1 aliphatic rings. The molecule has 0 aromatic heterocycles. The highest BCUT2D eigenvalue weighted by molar-refractivity contribution is 6.90. The van der Waals surface area contributed by atoms with Gasteiger partial charge in [-0.25, -0.2) is 19.2 Å². The van der Waals surface area contributed by atoms with Gasteiger partial charge < -0.3 is 91.2 Å². The Kier molecular flexibility index (Phi) is 59.1. The van der Waals surface area contributed by atoms with Crippen LogP contribution in [0.5, 0.6) is 0 Å². The molecule has 0 saturated carbocycles. The molecule has 137 heavy (non-hydrogen) atoms. The number of hydrogen-bond donors (Lipinski definition) is 12. The Morgan fingerprint density at radius 3 is 1.18 bits per heavy atom. The Morgan fingerprint density at radius 2 is 0.810 bits per heavy atom. The number of aliphatic carboxylic acids is 2. The maximum atomic E-state index is 16.6. The van der Waals surface area contributed by atoms with Crippen LogP contribution < -0.4 is 58.4 Å². The summed E-state index contributed by atoms with van der Waals surface area (Å²) in [5.41, 5.74) is 22.2. The number of ketones is 3. The first kappa shape index (κ1) is 121. The summed E-state index contributed by atoms with van der Waals surface area (Å²) in [5, 5.41) is 51.6. The van der Waals surface area contributed by atoms with Crippen molar-refractivity contribution in [1.29, 1.82) is 0 Å². The van der Waals surface area contributed by atoms with Gasteiger partial charge >= 0.3 is 41.9 Å². The third kappa shape index (κ3) is 45.9. The number of amides is 7. The number of hydrogen-bond acceptors (Lipinski definition) is 26. The minimum Gasteiger partial charge on any atom is -0.480 e. The fourth-order valence-corrected chi connectivity index (χ4v) is 19.9.